The highest BCUT2D eigenvalue weighted by Crippen LogP contribution is 2.29. The Bertz CT molecular complexity index is 956. The summed E-state index contributed by atoms with van der Waals surface area (Å²) in [7, 11) is 1.57. The number of aldehydes is 1. The highest BCUT2D eigenvalue weighted by atomic mass is 16.5. The Morgan fingerprint density at radius 2 is 1.78 bits per heavy atom. The fourth-order valence-corrected chi connectivity index (χ4v) is 2.75. The summed E-state index contributed by atoms with van der Waals surface area (Å²) in [5, 5.41) is 8.46. The predicted molar refractivity (Wildman–Crippen MR) is 110 cm³/mol. The van der Waals surface area contributed by atoms with E-state index in [0.717, 1.165) is 0 Å². The van der Waals surface area contributed by atoms with E-state index in [-0.39, 0.29) is 48.1 Å². The van der Waals surface area contributed by atoms with Crippen molar-refractivity contribution in [2.75, 3.05) is 26.9 Å². The van der Waals surface area contributed by atoms with Gasteiger partial charge in [-0.05, 0) is 6.07 Å². The zero-order chi connectivity index (χ0) is 23.7. The van der Waals surface area contributed by atoms with Gasteiger partial charge in [-0.15, -0.1) is 0 Å². The standard InChI is InChI=1S/C15H8O5.C7H15NO4/c16-6-5-11(17)12-7-10-13(18)8-3-1-2-4-9(8)14(19)15(10)20-12;1-11-3-2-4-12-7(10)6(8)5-9/h1-4,6-7H,5H2;6,9H,2-5,8H2,1H3. The van der Waals surface area contributed by atoms with Crippen molar-refractivity contribution < 1.29 is 43.0 Å². The fraction of sp³-hybridized carbons (Fsp3) is 0.318. The normalized spacial score (nSPS) is 12.7. The van der Waals surface area contributed by atoms with E-state index in [0.29, 0.717) is 24.9 Å². The minimum Gasteiger partial charge on any atom is -0.464 e. The van der Waals surface area contributed by atoms with Crippen molar-refractivity contribution in [1.29, 1.82) is 0 Å². The van der Waals surface area contributed by atoms with Crippen LogP contribution in [0.15, 0.2) is 34.7 Å². The van der Waals surface area contributed by atoms with Crippen LogP contribution in [0.2, 0.25) is 0 Å². The first-order chi connectivity index (χ1) is 15.3. The number of aliphatic hydroxyl groups is 1. The van der Waals surface area contributed by atoms with Crippen LogP contribution in [0.5, 0.6) is 0 Å². The Morgan fingerprint density at radius 1 is 1.12 bits per heavy atom. The predicted octanol–water partition coefficient (Wildman–Crippen LogP) is 0.712. The van der Waals surface area contributed by atoms with Gasteiger partial charge in [-0.25, -0.2) is 0 Å². The number of hydrogen-bond donors (Lipinski definition) is 2. The molecule has 1 atom stereocenters. The maximum absolute atomic E-state index is 12.3. The number of benzene rings is 1. The van der Waals surface area contributed by atoms with E-state index in [1.807, 2.05) is 0 Å². The summed E-state index contributed by atoms with van der Waals surface area (Å²) in [4.78, 5) is 57.2. The second-order valence-electron chi connectivity index (χ2n) is 6.65. The summed E-state index contributed by atoms with van der Waals surface area (Å²) >= 11 is 0. The molecule has 170 valence electrons. The van der Waals surface area contributed by atoms with E-state index in [4.69, 9.17) is 24.7 Å². The molecule has 1 unspecified atom stereocenters. The Hall–Kier alpha value is -3.47. The number of esters is 1. The van der Waals surface area contributed by atoms with Gasteiger partial charge in [0.2, 0.25) is 11.6 Å². The van der Waals surface area contributed by atoms with Gasteiger partial charge in [0, 0.05) is 31.3 Å². The van der Waals surface area contributed by atoms with Gasteiger partial charge >= 0.3 is 5.97 Å². The molecule has 1 aromatic heterocycles. The van der Waals surface area contributed by atoms with Crippen LogP contribution in [-0.2, 0) is 19.1 Å². The maximum atomic E-state index is 12.3. The van der Waals surface area contributed by atoms with Crippen molar-refractivity contribution in [3.05, 3.63) is 58.5 Å². The first-order valence-electron chi connectivity index (χ1n) is 9.66. The molecule has 10 heteroatoms. The van der Waals surface area contributed by atoms with Gasteiger partial charge in [0.25, 0.3) is 0 Å². The maximum Gasteiger partial charge on any atom is 0.325 e. The van der Waals surface area contributed by atoms with Crippen molar-refractivity contribution >= 4 is 29.6 Å². The Morgan fingerprint density at radius 3 is 2.38 bits per heavy atom. The Kier molecular flexibility index (Phi) is 9.14. The lowest BCUT2D eigenvalue weighted by Crippen LogP contribution is -2.35. The van der Waals surface area contributed by atoms with Crippen molar-refractivity contribution in [2.45, 2.75) is 18.9 Å². The number of fused-ring (bicyclic) bond motifs is 2. The molecule has 10 nitrogen and oxygen atoms in total. The topological polar surface area (TPSA) is 163 Å². The number of ketones is 3. The minimum absolute atomic E-state index is 0.0722. The molecule has 0 bridgehead atoms. The van der Waals surface area contributed by atoms with Gasteiger partial charge in [0.05, 0.1) is 25.2 Å². The Labute approximate surface area is 183 Å². The van der Waals surface area contributed by atoms with Crippen LogP contribution in [-0.4, -0.2) is 67.7 Å². The lowest BCUT2D eigenvalue weighted by atomic mass is 9.88. The smallest absolute Gasteiger partial charge is 0.325 e. The number of furan rings is 1. The number of rotatable bonds is 9. The second-order valence-corrected chi connectivity index (χ2v) is 6.65. The molecule has 1 aliphatic rings. The molecule has 0 fully saturated rings. The largest absolute Gasteiger partial charge is 0.464 e. The number of carbonyl (C=O) groups is 5. The first-order valence-corrected chi connectivity index (χ1v) is 9.66. The van der Waals surface area contributed by atoms with E-state index < -0.39 is 23.6 Å². The van der Waals surface area contributed by atoms with Crippen LogP contribution in [0.4, 0.5) is 0 Å². The number of methoxy groups -OCH3 is 1. The molecule has 3 rings (SSSR count). The van der Waals surface area contributed by atoms with Crippen LogP contribution in [0.1, 0.15) is 55.4 Å². The van der Waals surface area contributed by atoms with Crippen molar-refractivity contribution in [2.24, 2.45) is 5.73 Å². The van der Waals surface area contributed by atoms with Gasteiger partial charge in [0.15, 0.2) is 17.3 Å². The molecule has 0 spiro atoms. The summed E-state index contributed by atoms with van der Waals surface area (Å²) in [6.07, 6.45) is 0.740. The van der Waals surface area contributed by atoms with Crippen molar-refractivity contribution in [3.8, 4) is 0 Å². The first kappa shape index (κ1) is 24.8. The van der Waals surface area contributed by atoms with E-state index in [2.05, 4.69) is 0 Å². The molecule has 0 saturated heterocycles. The minimum atomic E-state index is -0.924. The van der Waals surface area contributed by atoms with Gasteiger partial charge in [-0.2, -0.15) is 0 Å². The molecular formula is C22H23NO9. The summed E-state index contributed by atoms with van der Waals surface area (Å²) < 4.78 is 14.6. The summed E-state index contributed by atoms with van der Waals surface area (Å²) in [6.45, 7) is 0.436. The van der Waals surface area contributed by atoms with E-state index in [1.54, 1.807) is 25.3 Å². The highest BCUT2D eigenvalue weighted by Gasteiger charge is 2.34. The lowest BCUT2D eigenvalue weighted by Gasteiger charge is -2.11. The summed E-state index contributed by atoms with van der Waals surface area (Å²) in [5.74, 6) is -2.20. The molecule has 1 heterocycles. The molecule has 1 aromatic carbocycles. The van der Waals surface area contributed by atoms with Crippen molar-refractivity contribution in [1.82, 2.24) is 0 Å². The number of Topliss-reactive ketones (excluding diaryl/α,β-unsaturated/α-hetero) is 1. The monoisotopic (exact) mass is 445 g/mol. The second kappa shape index (κ2) is 11.8. The quantitative estimate of drug-likeness (QED) is 0.158. The van der Waals surface area contributed by atoms with E-state index in [1.165, 1.54) is 12.1 Å². The van der Waals surface area contributed by atoms with Gasteiger partial charge in [-0.1, -0.05) is 24.3 Å². The highest BCUT2D eigenvalue weighted by molar-refractivity contribution is 6.27. The molecule has 0 radical (unpaired) electrons. The number of aliphatic hydroxyl groups excluding tert-OH is 1. The third-order valence-electron chi connectivity index (χ3n) is 4.38. The van der Waals surface area contributed by atoms with Crippen LogP contribution >= 0.6 is 0 Å². The van der Waals surface area contributed by atoms with E-state index in [9.17, 15) is 24.0 Å². The average molecular weight is 445 g/mol. The average Bonchev–Trinajstić information content (AvgIpc) is 3.26. The van der Waals surface area contributed by atoms with Crippen LogP contribution in [0, 0.1) is 0 Å². The van der Waals surface area contributed by atoms with Crippen LogP contribution in [0.3, 0.4) is 0 Å². The van der Waals surface area contributed by atoms with Gasteiger partial charge in [0.1, 0.15) is 12.3 Å². The molecule has 0 aliphatic heterocycles. The van der Waals surface area contributed by atoms with Gasteiger partial charge in [-0.3, -0.25) is 19.2 Å². The fourth-order valence-electron chi connectivity index (χ4n) is 2.75. The zero-order valence-corrected chi connectivity index (χ0v) is 17.4. The number of hydrogen-bond acceptors (Lipinski definition) is 10. The van der Waals surface area contributed by atoms with Crippen LogP contribution in [0.25, 0.3) is 0 Å². The third-order valence-corrected chi connectivity index (χ3v) is 4.38. The summed E-state index contributed by atoms with van der Waals surface area (Å²) in [6, 6.07) is 6.71. The Balaban J connectivity index is 0.000000262. The van der Waals surface area contributed by atoms with Crippen LogP contribution < -0.4 is 5.73 Å². The summed E-state index contributed by atoms with van der Waals surface area (Å²) in [5.41, 5.74) is 5.80. The molecule has 0 amide bonds. The molecule has 0 saturated carbocycles. The molecule has 32 heavy (non-hydrogen) atoms. The number of nitrogens with two attached hydrogens (primary N) is 1. The number of carbonyl (C=O) groups excluding carboxylic acids is 5. The molecular weight excluding hydrogens is 422 g/mol. The molecule has 2 aromatic rings. The number of ether oxygens (including phenoxy) is 2. The van der Waals surface area contributed by atoms with Gasteiger partial charge < -0.3 is 29.5 Å². The van der Waals surface area contributed by atoms with Crippen molar-refractivity contribution in [3.63, 3.8) is 0 Å². The zero-order valence-electron chi connectivity index (χ0n) is 17.4. The lowest BCUT2D eigenvalue weighted by molar-refractivity contribution is -0.146. The molecule has 1 aliphatic carbocycles. The third kappa shape index (κ3) is 5.82. The van der Waals surface area contributed by atoms with E-state index >= 15 is 0 Å². The SMILES string of the molecule is COCCCOC(=O)C(N)CO.O=CCC(=O)c1cc2c(o1)C(=O)c1ccccc1C2=O. The molecule has 3 N–H and O–H groups in total.